The molecule has 0 aliphatic rings. The van der Waals surface area contributed by atoms with Crippen LogP contribution in [-0.2, 0) is 23.8 Å². The van der Waals surface area contributed by atoms with Gasteiger partial charge in [-0.1, -0.05) is 254 Å². The van der Waals surface area contributed by atoms with E-state index < -0.39 is 6.10 Å². The SMILES string of the molecule is CCCCC/C=C\C/C=C\C/C=C\C/C=C\C/C=C\CCC(=O)OC[C@H](COC(=O)CCCCCCCCC/C=C\CCCCCC)OCCCCCCCCCCCCCCCCCC. The van der Waals surface area contributed by atoms with Gasteiger partial charge in [0.25, 0.3) is 0 Å². The zero-order valence-electron chi connectivity index (χ0n) is 44.0. The Morgan fingerprint density at radius 1 is 0.318 bits per heavy atom. The highest BCUT2D eigenvalue weighted by molar-refractivity contribution is 5.70. The molecule has 0 aliphatic carbocycles. The Bertz CT molecular complexity index is 1180. The maximum atomic E-state index is 12.6. The van der Waals surface area contributed by atoms with E-state index in [1.807, 2.05) is 6.08 Å². The number of hydrogen-bond acceptors (Lipinski definition) is 5. The van der Waals surface area contributed by atoms with Gasteiger partial charge in [0.1, 0.15) is 19.3 Å². The third-order valence-corrected chi connectivity index (χ3v) is 12.3. The molecule has 0 amide bonds. The molecule has 0 N–H and O–H groups in total. The molecular formula is C61H108O5. The number of rotatable bonds is 52. The first-order chi connectivity index (χ1) is 32.6. The van der Waals surface area contributed by atoms with E-state index in [9.17, 15) is 9.59 Å². The summed E-state index contributed by atoms with van der Waals surface area (Å²) in [6, 6.07) is 0. The lowest BCUT2D eigenvalue weighted by Crippen LogP contribution is -2.29. The maximum absolute atomic E-state index is 12.6. The largest absolute Gasteiger partial charge is 0.463 e. The summed E-state index contributed by atoms with van der Waals surface area (Å²) in [5.41, 5.74) is 0. The molecule has 0 aromatic rings. The van der Waals surface area contributed by atoms with Crippen molar-refractivity contribution in [1.29, 1.82) is 0 Å². The van der Waals surface area contributed by atoms with E-state index in [0.717, 1.165) is 51.4 Å². The van der Waals surface area contributed by atoms with Crippen LogP contribution in [0, 0.1) is 0 Å². The van der Waals surface area contributed by atoms with Crippen LogP contribution in [0.3, 0.4) is 0 Å². The average Bonchev–Trinajstić information content (AvgIpc) is 3.32. The van der Waals surface area contributed by atoms with Crippen molar-refractivity contribution in [1.82, 2.24) is 0 Å². The first-order valence-corrected chi connectivity index (χ1v) is 28.5. The first-order valence-electron chi connectivity index (χ1n) is 28.5. The summed E-state index contributed by atoms with van der Waals surface area (Å²) in [7, 11) is 0. The molecule has 0 bridgehead atoms. The predicted octanol–water partition coefficient (Wildman–Crippen LogP) is 19.5. The van der Waals surface area contributed by atoms with E-state index in [2.05, 4.69) is 87.6 Å². The standard InChI is InChI=1S/C61H108O5/c1-4-7-10-13-16-19-22-25-28-30-31-32-34-37-40-43-46-49-52-55-61(63)66-58-59(64-56-53-50-47-44-41-38-35-29-26-23-20-17-14-11-8-5-2)57-65-60(62)54-51-48-45-42-39-36-33-27-24-21-18-15-12-9-6-3/h16,19,21,24-25,28,31-32,37,40,46,49,59H,4-15,17-18,20,22-23,26-27,29-30,33-36,38-39,41-45,47-48,50-58H2,1-3H3/b19-16-,24-21-,28-25-,32-31-,40-37-,49-46-/t59-/m0/s1. The van der Waals surface area contributed by atoms with Crippen molar-refractivity contribution >= 4 is 11.9 Å². The van der Waals surface area contributed by atoms with Gasteiger partial charge >= 0.3 is 11.9 Å². The number of carbonyl (C=O) groups is 2. The van der Waals surface area contributed by atoms with Crippen LogP contribution in [0.2, 0.25) is 0 Å². The van der Waals surface area contributed by atoms with Crippen LogP contribution in [-0.4, -0.2) is 37.9 Å². The van der Waals surface area contributed by atoms with Gasteiger partial charge in [0, 0.05) is 19.4 Å². The minimum Gasteiger partial charge on any atom is -0.463 e. The molecule has 66 heavy (non-hydrogen) atoms. The summed E-state index contributed by atoms with van der Waals surface area (Å²) < 4.78 is 17.4. The molecule has 382 valence electrons. The Morgan fingerprint density at radius 2 is 0.606 bits per heavy atom. The molecular weight excluding hydrogens is 813 g/mol. The molecule has 0 heterocycles. The zero-order valence-corrected chi connectivity index (χ0v) is 44.0. The van der Waals surface area contributed by atoms with Crippen molar-refractivity contribution < 1.29 is 23.8 Å². The fraction of sp³-hybridized carbons (Fsp3) is 0.770. The lowest BCUT2D eigenvalue weighted by Gasteiger charge is -2.18. The number of allylic oxidation sites excluding steroid dienone is 12. The molecule has 0 saturated carbocycles. The lowest BCUT2D eigenvalue weighted by atomic mass is 10.0. The second-order valence-electron chi connectivity index (χ2n) is 18.8. The molecule has 0 aromatic heterocycles. The highest BCUT2D eigenvalue weighted by Crippen LogP contribution is 2.15. The van der Waals surface area contributed by atoms with E-state index in [0.29, 0.717) is 25.9 Å². The van der Waals surface area contributed by atoms with Gasteiger partial charge in [0.15, 0.2) is 0 Å². The van der Waals surface area contributed by atoms with Gasteiger partial charge in [-0.15, -0.1) is 0 Å². The van der Waals surface area contributed by atoms with Crippen molar-refractivity contribution in [3.05, 3.63) is 72.9 Å². The van der Waals surface area contributed by atoms with E-state index in [-0.39, 0.29) is 25.2 Å². The van der Waals surface area contributed by atoms with Crippen molar-refractivity contribution in [3.8, 4) is 0 Å². The van der Waals surface area contributed by atoms with Gasteiger partial charge < -0.3 is 14.2 Å². The lowest BCUT2D eigenvalue weighted by molar-refractivity contribution is -0.155. The fourth-order valence-corrected chi connectivity index (χ4v) is 7.93. The summed E-state index contributed by atoms with van der Waals surface area (Å²) >= 11 is 0. The molecule has 0 fully saturated rings. The Balaban J connectivity index is 4.36. The molecule has 0 rings (SSSR count). The Kier molecular flexibility index (Phi) is 54.4. The normalized spacial score (nSPS) is 12.7. The Morgan fingerprint density at radius 3 is 1.05 bits per heavy atom. The first kappa shape index (κ1) is 63.3. The minimum absolute atomic E-state index is 0.117. The smallest absolute Gasteiger partial charge is 0.306 e. The molecule has 0 unspecified atom stereocenters. The van der Waals surface area contributed by atoms with Gasteiger partial charge in [-0.2, -0.15) is 0 Å². The number of unbranched alkanes of at least 4 members (excludes halogenated alkanes) is 29. The summed E-state index contributed by atoms with van der Waals surface area (Å²) in [4.78, 5) is 25.3. The van der Waals surface area contributed by atoms with Crippen LogP contribution >= 0.6 is 0 Å². The van der Waals surface area contributed by atoms with E-state index in [1.54, 1.807) is 0 Å². The number of carbonyl (C=O) groups excluding carboxylic acids is 2. The van der Waals surface area contributed by atoms with Gasteiger partial charge in [0.05, 0.1) is 0 Å². The van der Waals surface area contributed by atoms with E-state index >= 15 is 0 Å². The van der Waals surface area contributed by atoms with Crippen LogP contribution in [0.15, 0.2) is 72.9 Å². The second kappa shape index (κ2) is 56.7. The van der Waals surface area contributed by atoms with Gasteiger partial charge in [-0.05, 0) is 83.5 Å². The Labute approximate surface area is 410 Å². The van der Waals surface area contributed by atoms with Crippen LogP contribution in [0.1, 0.15) is 278 Å². The number of esters is 2. The summed E-state index contributed by atoms with van der Waals surface area (Å²) in [6.45, 7) is 7.63. The fourth-order valence-electron chi connectivity index (χ4n) is 7.93. The molecule has 1 atom stereocenters. The van der Waals surface area contributed by atoms with Gasteiger partial charge in [-0.25, -0.2) is 0 Å². The summed E-state index contributed by atoms with van der Waals surface area (Å²) in [5.74, 6) is -0.424. The zero-order chi connectivity index (χ0) is 47.7. The third kappa shape index (κ3) is 54.0. The summed E-state index contributed by atoms with van der Waals surface area (Å²) in [5, 5.41) is 0. The number of ether oxygens (including phenoxy) is 3. The highest BCUT2D eigenvalue weighted by Gasteiger charge is 2.16. The highest BCUT2D eigenvalue weighted by atomic mass is 16.6. The molecule has 0 aromatic carbocycles. The molecule has 5 nitrogen and oxygen atoms in total. The average molecular weight is 922 g/mol. The maximum Gasteiger partial charge on any atom is 0.306 e. The van der Waals surface area contributed by atoms with Gasteiger partial charge in [-0.3, -0.25) is 9.59 Å². The quantitative estimate of drug-likeness (QED) is 0.0346. The van der Waals surface area contributed by atoms with Crippen molar-refractivity contribution in [2.45, 2.75) is 284 Å². The van der Waals surface area contributed by atoms with E-state index in [1.165, 1.54) is 186 Å². The number of hydrogen-bond donors (Lipinski definition) is 0. The molecule has 0 aliphatic heterocycles. The molecule has 5 heteroatoms. The van der Waals surface area contributed by atoms with Crippen LogP contribution in [0.25, 0.3) is 0 Å². The third-order valence-electron chi connectivity index (χ3n) is 12.3. The molecule has 0 radical (unpaired) electrons. The van der Waals surface area contributed by atoms with Gasteiger partial charge in [0.2, 0.25) is 0 Å². The second-order valence-corrected chi connectivity index (χ2v) is 18.8. The topological polar surface area (TPSA) is 61.8 Å². The van der Waals surface area contributed by atoms with E-state index in [4.69, 9.17) is 14.2 Å². The van der Waals surface area contributed by atoms with Crippen molar-refractivity contribution in [2.75, 3.05) is 19.8 Å². The predicted molar refractivity (Wildman–Crippen MR) is 288 cm³/mol. The van der Waals surface area contributed by atoms with Crippen molar-refractivity contribution in [2.24, 2.45) is 0 Å². The summed E-state index contributed by atoms with van der Waals surface area (Å²) in [6.07, 6.45) is 73.8. The minimum atomic E-state index is -0.432. The monoisotopic (exact) mass is 921 g/mol. The Hall–Kier alpha value is -2.66. The van der Waals surface area contributed by atoms with Crippen molar-refractivity contribution in [3.63, 3.8) is 0 Å². The van der Waals surface area contributed by atoms with Crippen LogP contribution in [0.4, 0.5) is 0 Å². The van der Waals surface area contributed by atoms with Crippen LogP contribution < -0.4 is 0 Å². The molecule has 0 saturated heterocycles. The molecule has 0 spiro atoms. The van der Waals surface area contributed by atoms with Crippen LogP contribution in [0.5, 0.6) is 0 Å².